The van der Waals surface area contributed by atoms with Gasteiger partial charge in [0.05, 0.1) is 0 Å². The van der Waals surface area contributed by atoms with Gasteiger partial charge in [0.2, 0.25) is 0 Å². The highest BCUT2D eigenvalue weighted by Crippen LogP contribution is 2.19. The Balaban J connectivity index is 1.93. The number of rotatable bonds is 5. The van der Waals surface area contributed by atoms with E-state index in [-0.39, 0.29) is 0 Å². The topological polar surface area (TPSA) is 12.0 Å². The second-order valence-corrected chi connectivity index (χ2v) is 3.75. The highest BCUT2D eigenvalue weighted by atomic mass is 14.9. The average Bonchev–Trinajstić information content (AvgIpc) is 2.84. The summed E-state index contributed by atoms with van der Waals surface area (Å²) in [4.78, 5) is 0. The van der Waals surface area contributed by atoms with Gasteiger partial charge in [-0.3, -0.25) is 0 Å². The van der Waals surface area contributed by atoms with Crippen LogP contribution in [0.2, 0.25) is 0 Å². The van der Waals surface area contributed by atoms with E-state index >= 15 is 0 Å². The summed E-state index contributed by atoms with van der Waals surface area (Å²) in [6.07, 6.45) is 5.08. The summed E-state index contributed by atoms with van der Waals surface area (Å²) in [6.45, 7) is 5.38. The Morgan fingerprint density at radius 1 is 1.50 bits per heavy atom. The zero-order valence-corrected chi connectivity index (χ0v) is 8.19. The molecule has 1 aliphatic carbocycles. The van der Waals surface area contributed by atoms with Gasteiger partial charge >= 0.3 is 0 Å². The van der Waals surface area contributed by atoms with Crippen LogP contribution < -0.4 is 5.32 Å². The highest BCUT2D eigenvalue weighted by molar-refractivity contribution is 4.95. The minimum atomic E-state index is 0.784. The molecule has 12 heavy (non-hydrogen) atoms. The Hall–Kier alpha value is -0.480. The Bertz CT molecular complexity index is 171. The van der Waals surface area contributed by atoms with Crippen LogP contribution in [-0.2, 0) is 0 Å². The molecular weight excluding hydrogens is 146 g/mol. The van der Waals surface area contributed by atoms with Crippen LogP contribution in [-0.4, -0.2) is 12.6 Å². The summed E-state index contributed by atoms with van der Waals surface area (Å²) in [5.41, 5.74) is 0. The molecule has 1 fully saturated rings. The van der Waals surface area contributed by atoms with Crippen LogP contribution in [0.25, 0.3) is 0 Å². The summed E-state index contributed by atoms with van der Waals surface area (Å²) in [5, 5.41) is 3.54. The minimum absolute atomic E-state index is 0.784. The van der Waals surface area contributed by atoms with E-state index in [2.05, 4.69) is 24.1 Å². The zero-order valence-electron chi connectivity index (χ0n) is 8.19. The van der Waals surface area contributed by atoms with Gasteiger partial charge in [-0.15, -0.1) is 11.8 Å². The number of hydrogen-bond acceptors (Lipinski definition) is 1. The predicted octanol–water partition coefficient (Wildman–Crippen LogP) is 2.18. The van der Waals surface area contributed by atoms with E-state index in [4.69, 9.17) is 0 Å². The molecule has 68 valence electrons. The molecule has 1 aliphatic rings. The summed E-state index contributed by atoms with van der Waals surface area (Å²) in [5.74, 6) is 6.82. The first-order valence-electron chi connectivity index (χ1n) is 4.96. The average molecular weight is 165 g/mol. The molecule has 1 unspecified atom stereocenters. The lowest BCUT2D eigenvalue weighted by molar-refractivity contribution is 0.486. The Morgan fingerprint density at radius 2 is 2.25 bits per heavy atom. The largest absolute Gasteiger partial charge is 0.314 e. The van der Waals surface area contributed by atoms with Crippen LogP contribution in [0.3, 0.4) is 0 Å². The van der Waals surface area contributed by atoms with Gasteiger partial charge < -0.3 is 5.32 Å². The van der Waals surface area contributed by atoms with Crippen LogP contribution in [0.4, 0.5) is 0 Å². The molecule has 0 aromatic heterocycles. The van der Waals surface area contributed by atoms with E-state index in [1.807, 2.05) is 6.92 Å². The van der Waals surface area contributed by atoms with Gasteiger partial charge in [-0.25, -0.2) is 0 Å². The van der Waals surface area contributed by atoms with Gasteiger partial charge in [-0.2, -0.15) is 0 Å². The maximum Gasteiger partial charge on any atom is 0.00915 e. The Kier molecular flexibility index (Phi) is 4.18. The molecule has 1 nitrogen and oxygen atoms in total. The first-order valence-corrected chi connectivity index (χ1v) is 4.96. The van der Waals surface area contributed by atoms with Gasteiger partial charge in [-0.1, -0.05) is 6.92 Å². The summed E-state index contributed by atoms with van der Waals surface area (Å²) in [7, 11) is 0. The second kappa shape index (κ2) is 5.22. The monoisotopic (exact) mass is 165 g/mol. The van der Waals surface area contributed by atoms with Crippen LogP contribution in [0.15, 0.2) is 0 Å². The second-order valence-electron chi connectivity index (χ2n) is 3.75. The van der Waals surface area contributed by atoms with E-state index in [1.54, 1.807) is 0 Å². The molecule has 1 N–H and O–H groups in total. The van der Waals surface area contributed by atoms with Crippen molar-refractivity contribution < 1.29 is 0 Å². The molecule has 1 heteroatoms. The fraction of sp³-hybridized carbons (Fsp3) is 0.818. The molecule has 0 amide bonds. The van der Waals surface area contributed by atoms with Crippen LogP contribution in [0, 0.1) is 17.8 Å². The summed E-state index contributed by atoms with van der Waals surface area (Å²) < 4.78 is 0. The molecule has 0 heterocycles. The quantitative estimate of drug-likeness (QED) is 0.616. The van der Waals surface area contributed by atoms with Crippen LogP contribution in [0.1, 0.15) is 39.5 Å². The lowest BCUT2D eigenvalue weighted by atomic mass is 10.1. The maximum atomic E-state index is 3.54. The molecule has 0 aromatic rings. The van der Waals surface area contributed by atoms with E-state index < -0.39 is 0 Å². The first kappa shape index (κ1) is 9.61. The molecule has 0 radical (unpaired) electrons. The van der Waals surface area contributed by atoms with Crippen molar-refractivity contribution in [3.63, 3.8) is 0 Å². The fourth-order valence-corrected chi connectivity index (χ4v) is 1.20. The third-order valence-electron chi connectivity index (χ3n) is 2.27. The zero-order chi connectivity index (χ0) is 8.81. The van der Waals surface area contributed by atoms with Gasteiger partial charge in [0.15, 0.2) is 0 Å². The van der Waals surface area contributed by atoms with Crippen LogP contribution in [0.5, 0.6) is 0 Å². The molecular formula is C11H19N. The van der Waals surface area contributed by atoms with E-state index in [0.29, 0.717) is 0 Å². The summed E-state index contributed by atoms with van der Waals surface area (Å²) >= 11 is 0. The van der Waals surface area contributed by atoms with Crippen molar-refractivity contribution in [2.45, 2.75) is 45.6 Å². The van der Waals surface area contributed by atoms with Crippen molar-refractivity contribution in [2.75, 3.05) is 6.54 Å². The molecule has 1 rings (SSSR count). The predicted molar refractivity (Wildman–Crippen MR) is 52.9 cm³/mol. The van der Waals surface area contributed by atoms with Crippen molar-refractivity contribution in [1.29, 1.82) is 0 Å². The van der Waals surface area contributed by atoms with Crippen molar-refractivity contribution >= 4 is 0 Å². The number of hydrogen-bond donors (Lipinski definition) is 1. The molecule has 0 aliphatic heterocycles. The van der Waals surface area contributed by atoms with Crippen molar-refractivity contribution in [2.24, 2.45) is 5.92 Å². The first-order chi connectivity index (χ1) is 5.83. The lowest BCUT2D eigenvalue weighted by Gasteiger charge is -2.09. The third kappa shape index (κ3) is 4.41. The van der Waals surface area contributed by atoms with Crippen molar-refractivity contribution in [1.82, 2.24) is 5.32 Å². The minimum Gasteiger partial charge on any atom is -0.314 e. The molecule has 1 atom stereocenters. The number of nitrogens with one attached hydrogen (secondary N) is 1. The van der Waals surface area contributed by atoms with Crippen molar-refractivity contribution in [3.05, 3.63) is 0 Å². The van der Waals surface area contributed by atoms with Crippen LogP contribution >= 0.6 is 0 Å². The van der Waals surface area contributed by atoms with E-state index in [1.165, 1.54) is 25.8 Å². The molecule has 1 saturated carbocycles. The van der Waals surface area contributed by atoms with Gasteiger partial charge in [0, 0.05) is 12.5 Å². The highest BCUT2D eigenvalue weighted by Gasteiger charge is 2.20. The Labute approximate surface area is 75.9 Å². The van der Waals surface area contributed by atoms with Gasteiger partial charge in [-0.05, 0) is 38.6 Å². The third-order valence-corrected chi connectivity index (χ3v) is 2.27. The normalized spacial score (nSPS) is 18.2. The molecule has 0 spiro atoms. The standard InChI is InChI=1S/C11H19N/c1-3-4-5-6-10(2)9-12-11-7-8-11/h10-12H,5-9H2,1-2H3. The fourth-order valence-electron chi connectivity index (χ4n) is 1.20. The molecule has 0 saturated heterocycles. The van der Waals surface area contributed by atoms with E-state index in [0.717, 1.165) is 18.4 Å². The van der Waals surface area contributed by atoms with Gasteiger partial charge in [0.1, 0.15) is 0 Å². The molecule has 0 bridgehead atoms. The smallest absolute Gasteiger partial charge is 0.00915 e. The van der Waals surface area contributed by atoms with Crippen molar-refractivity contribution in [3.8, 4) is 11.8 Å². The maximum absolute atomic E-state index is 3.54. The summed E-state index contributed by atoms with van der Waals surface area (Å²) in [6, 6.07) is 0.852. The lowest BCUT2D eigenvalue weighted by Crippen LogP contribution is -2.22. The van der Waals surface area contributed by atoms with E-state index in [9.17, 15) is 0 Å². The van der Waals surface area contributed by atoms with Gasteiger partial charge in [0.25, 0.3) is 0 Å². The SMILES string of the molecule is CC#CCCC(C)CNC1CC1. The molecule has 0 aromatic carbocycles. The Morgan fingerprint density at radius 3 is 2.83 bits per heavy atom.